The Kier molecular flexibility index (Phi) is 21.8. The first-order chi connectivity index (χ1) is 21.5. The Balaban J connectivity index is 3.88. The van der Waals surface area contributed by atoms with Gasteiger partial charge in [-0.2, -0.15) is 0 Å². The predicted octanol–water partition coefficient (Wildman–Crippen LogP) is 7.85. The van der Waals surface area contributed by atoms with Gasteiger partial charge in [0.1, 0.15) is 0 Å². The summed E-state index contributed by atoms with van der Waals surface area (Å²) in [5, 5.41) is 0. The maximum atomic E-state index is 6.68. The van der Waals surface area contributed by atoms with E-state index >= 15 is 0 Å². The third kappa shape index (κ3) is 13.0. The summed E-state index contributed by atoms with van der Waals surface area (Å²) in [5.41, 5.74) is 0. The van der Waals surface area contributed by atoms with Crippen LogP contribution in [0.5, 0.6) is 11.5 Å². The molecule has 44 heavy (non-hydrogen) atoms. The van der Waals surface area contributed by atoms with Crippen LogP contribution in [-0.4, -0.2) is 50.0 Å². The average molecular weight is 804 g/mol. The second-order valence-corrected chi connectivity index (χ2v) is 26.7. The SMILES string of the molecule is CC#[C][Sn]([C]#CC)([C]#CC)[c]1cc(OCCCCCCCC)[c]([Sn]([C]#CC)([C]#CC)[C]#CC)cc1OCCCCCCCC. The van der Waals surface area contributed by atoms with E-state index < -0.39 is 36.8 Å². The Bertz CT molecular complexity index is 1190. The molecular weight excluding hydrogens is 750 g/mol. The summed E-state index contributed by atoms with van der Waals surface area (Å²) in [7, 11) is 0. The van der Waals surface area contributed by atoms with E-state index in [4.69, 9.17) is 9.47 Å². The fraction of sp³-hybridized carbons (Fsp3) is 0.550. The summed E-state index contributed by atoms with van der Waals surface area (Å²) in [5.74, 6) is 20.8. The van der Waals surface area contributed by atoms with Gasteiger partial charge in [0.15, 0.2) is 0 Å². The summed E-state index contributed by atoms with van der Waals surface area (Å²) in [6.45, 7) is 17.1. The zero-order valence-electron chi connectivity index (χ0n) is 28.9. The van der Waals surface area contributed by atoms with Gasteiger partial charge < -0.3 is 0 Å². The van der Waals surface area contributed by atoms with Gasteiger partial charge in [-0.3, -0.25) is 0 Å². The number of hydrogen-bond donors (Lipinski definition) is 0. The molecule has 0 saturated heterocycles. The summed E-state index contributed by atoms with van der Waals surface area (Å²) >= 11 is -7.78. The van der Waals surface area contributed by atoms with Crippen molar-refractivity contribution in [2.75, 3.05) is 13.2 Å². The third-order valence-corrected chi connectivity index (χ3v) is 24.8. The van der Waals surface area contributed by atoms with Gasteiger partial charge in [0.25, 0.3) is 0 Å². The van der Waals surface area contributed by atoms with Crippen molar-refractivity contribution in [3.8, 4) is 70.6 Å². The molecule has 0 bridgehead atoms. The van der Waals surface area contributed by atoms with Gasteiger partial charge in [0.05, 0.1) is 0 Å². The Morgan fingerprint density at radius 1 is 0.432 bits per heavy atom. The number of hydrogen-bond acceptors (Lipinski definition) is 2. The van der Waals surface area contributed by atoms with Gasteiger partial charge in [-0.1, -0.05) is 0 Å². The molecule has 0 heterocycles. The first-order valence-electron chi connectivity index (χ1n) is 16.6. The normalized spacial score (nSPS) is 10.0. The molecule has 0 fully saturated rings. The Morgan fingerprint density at radius 3 is 0.977 bits per heavy atom. The number of benzene rings is 1. The molecule has 0 spiro atoms. The average Bonchev–Trinajstić information content (AvgIpc) is 3.01. The van der Waals surface area contributed by atoms with Gasteiger partial charge in [-0.25, -0.2) is 0 Å². The molecule has 0 N–H and O–H groups in total. The Labute approximate surface area is 279 Å². The molecule has 0 unspecified atom stereocenters. The van der Waals surface area contributed by atoms with Crippen LogP contribution in [0.2, 0.25) is 0 Å². The summed E-state index contributed by atoms with van der Waals surface area (Å²) < 4.78 is 36.7. The third-order valence-electron chi connectivity index (χ3n) is 7.28. The van der Waals surface area contributed by atoms with Crippen LogP contribution in [0.3, 0.4) is 0 Å². The molecule has 0 aromatic heterocycles. The first kappa shape index (κ1) is 39.8. The Hall–Kier alpha value is -2.22. The number of rotatable bonds is 18. The van der Waals surface area contributed by atoms with Gasteiger partial charge in [-0.15, -0.1) is 0 Å². The van der Waals surface area contributed by atoms with Gasteiger partial charge >= 0.3 is 282 Å². The van der Waals surface area contributed by atoms with Crippen LogP contribution < -0.4 is 16.6 Å². The first-order valence-corrected chi connectivity index (χ1v) is 28.0. The molecule has 0 aliphatic heterocycles. The van der Waals surface area contributed by atoms with Crippen LogP contribution in [0.1, 0.15) is 132 Å². The van der Waals surface area contributed by atoms with Gasteiger partial charge in [0, 0.05) is 0 Å². The molecular formula is C40H54O2Sn2. The van der Waals surface area contributed by atoms with Crippen molar-refractivity contribution in [1.82, 2.24) is 0 Å². The van der Waals surface area contributed by atoms with E-state index in [1.54, 1.807) is 0 Å². The van der Waals surface area contributed by atoms with Crippen LogP contribution in [0.4, 0.5) is 0 Å². The number of ether oxygens (including phenoxy) is 2. The summed E-state index contributed by atoms with van der Waals surface area (Å²) in [4.78, 5) is 0. The van der Waals surface area contributed by atoms with Crippen molar-refractivity contribution in [3.05, 3.63) is 12.1 Å². The zero-order valence-corrected chi connectivity index (χ0v) is 34.6. The van der Waals surface area contributed by atoms with Crippen molar-refractivity contribution in [3.63, 3.8) is 0 Å². The molecule has 0 aliphatic rings. The fourth-order valence-electron chi connectivity index (χ4n) is 5.23. The monoisotopic (exact) mass is 806 g/mol. The molecule has 0 saturated carbocycles. The van der Waals surface area contributed by atoms with Crippen molar-refractivity contribution < 1.29 is 9.47 Å². The second-order valence-electron chi connectivity index (χ2n) is 10.8. The molecule has 0 radical (unpaired) electrons. The minimum atomic E-state index is -3.89. The molecule has 1 aromatic carbocycles. The van der Waals surface area contributed by atoms with Crippen LogP contribution in [0, 0.1) is 59.1 Å². The molecule has 4 heteroatoms. The van der Waals surface area contributed by atoms with E-state index in [9.17, 15) is 0 Å². The molecule has 2 nitrogen and oxygen atoms in total. The second kappa shape index (κ2) is 24.1. The van der Waals surface area contributed by atoms with Crippen LogP contribution >= 0.6 is 0 Å². The van der Waals surface area contributed by atoms with Crippen molar-refractivity contribution >= 4 is 43.9 Å². The van der Waals surface area contributed by atoms with Crippen molar-refractivity contribution in [2.24, 2.45) is 0 Å². The van der Waals surface area contributed by atoms with Crippen LogP contribution in [0.15, 0.2) is 12.1 Å². The van der Waals surface area contributed by atoms with E-state index in [-0.39, 0.29) is 0 Å². The summed E-state index contributed by atoms with van der Waals surface area (Å²) in [6.07, 6.45) is 14.4. The minimum absolute atomic E-state index is 0.637. The molecule has 1 rings (SSSR count). The van der Waals surface area contributed by atoms with Crippen LogP contribution in [0.25, 0.3) is 0 Å². The molecule has 0 amide bonds. The van der Waals surface area contributed by atoms with E-state index in [0.29, 0.717) is 13.2 Å². The van der Waals surface area contributed by atoms with Gasteiger partial charge in [-0.05, 0) is 0 Å². The summed E-state index contributed by atoms with van der Waals surface area (Å²) in [6, 6.07) is 4.32. The predicted molar refractivity (Wildman–Crippen MR) is 196 cm³/mol. The fourth-order valence-corrected chi connectivity index (χ4v) is 19.9. The molecule has 1 aromatic rings. The van der Waals surface area contributed by atoms with Gasteiger partial charge in [0.2, 0.25) is 0 Å². The molecule has 0 atom stereocenters. The van der Waals surface area contributed by atoms with E-state index in [1.807, 2.05) is 41.5 Å². The van der Waals surface area contributed by atoms with E-state index in [0.717, 1.165) is 44.3 Å². The van der Waals surface area contributed by atoms with Crippen LogP contribution in [-0.2, 0) is 0 Å². The molecule has 0 aliphatic carbocycles. The number of unbranched alkanes of at least 4 members (excludes halogenated alkanes) is 10. The van der Waals surface area contributed by atoms with E-state index in [2.05, 4.69) is 85.1 Å². The van der Waals surface area contributed by atoms with E-state index in [1.165, 1.54) is 51.4 Å². The van der Waals surface area contributed by atoms with Crippen molar-refractivity contribution in [1.29, 1.82) is 0 Å². The van der Waals surface area contributed by atoms with Crippen molar-refractivity contribution in [2.45, 2.75) is 132 Å². The topological polar surface area (TPSA) is 18.5 Å². The quantitative estimate of drug-likeness (QED) is 0.0856. The zero-order chi connectivity index (χ0) is 32.5. The standard InChI is InChI=1S/C22H36O2.6C3H3.2Sn/c1-3-5-7-9-11-13-19-23-21-15-17-22(18-16-21)24-20-14-12-10-8-6-4-2;6*1-3-2;;/h15,18H,3-14,19-20H2,1-2H3;6*1H3;;. The maximum absolute atomic E-state index is 6.68. The molecule has 234 valence electrons. The Morgan fingerprint density at radius 2 is 0.705 bits per heavy atom.